The first-order valence-corrected chi connectivity index (χ1v) is 26.6. The lowest BCUT2D eigenvalue weighted by Crippen LogP contribution is -2.19. The molecule has 75 heavy (non-hydrogen) atoms. The first-order chi connectivity index (χ1) is 36.2. The predicted octanol–water partition coefficient (Wildman–Crippen LogP) is 19.0. The van der Waals surface area contributed by atoms with Gasteiger partial charge in [-0.15, -0.1) is 0 Å². The van der Waals surface area contributed by atoms with Gasteiger partial charge in [-0.1, -0.05) is 177 Å². The molecular weight excluding hydrogens is 909 g/mol. The Morgan fingerprint density at radius 1 is 0.213 bits per heavy atom. The van der Waals surface area contributed by atoms with Gasteiger partial charge in [-0.25, -0.2) is 0 Å². The molecule has 364 valence electrons. The molecule has 0 N–H and O–H groups in total. The molecule has 4 nitrogen and oxygen atoms in total. The van der Waals surface area contributed by atoms with E-state index in [9.17, 15) is 0 Å². The molecule has 0 bridgehead atoms. The minimum atomic E-state index is -0.325. The molecule has 0 atom stereocenters. The fraction of sp³-hybridized carbons (Fsp3) is 0.155. The summed E-state index contributed by atoms with van der Waals surface area (Å²) >= 11 is 0. The zero-order chi connectivity index (χ0) is 51.1. The Bertz CT molecular complexity index is 4350. The van der Waals surface area contributed by atoms with Crippen LogP contribution in [0, 0.1) is 0 Å². The SMILES string of the molecule is CC(C)(C)c1ccc2c3ccccc3n(-c3ccc4c(c3)c3ccccc3n4-c3cccc(C(C)(C)c4cccc(-n5c6ccccc6c6cc(-n7c8ccccc8c8ccc(C(C)(C)C)cc87)ccc65)c4)c3)c2c1. The van der Waals surface area contributed by atoms with Gasteiger partial charge in [-0.2, -0.15) is 0 Å². The summed E-state index contributed by atoms with van der Waals surface area (Å²) in [5.41, 5.74) is 19.2. The molecule has 0 saturated heterocycles. The summed E-state index contributed by atoms with van der Waals surface area (Å²) in [5, 5.41) is 10.1. The molecule has 10 aromatic carbocycles. The monoisotopic (exact) mass is 968 g/mol. The van der Waals surface area contributed by atoms with Crippen LogP contribution in [0.4, 0.5) is 0 Å². The molecule has 0 saturated carbocycles. The largest absolute Gasteiger partial charge is 0.309 e. The number of nitrogens with zero attached hydrogens (tertiary/aromatic N) is 4. The number of fused-ring (bicyclic) bond motifs is 12. The van der Waals surface area contributed by atoms with Crippen LogP contribution in [0.5, 0.6) is 0 Å². The van der Waals surface area contributed by atoms with Crippen molar-refractivity contribution in [2.45, 2.75) is 71.6 Å². The lowest BCUT2D eigenvalue weighted by molar-refractivity contribution is 0.590. The second kappa shape index (κ2) is 16.2. The fourth-order valence-corrected chi connectivity index (χ4v) is 12.4. The van der Waals surface area contributed by atoms with Crippen LogP contribution in [-0.2, 0) is 16.2 Å². The van der Waals surface area contributed by atoms with E-state index in [2.05, 4.69) is 292 Å². The third-order valence-electron chi connectivity index (χ3n) is 16.6. The normalized spacial score (nSPS) is 12.8. The van der Waals surface area contributed by atoms with Gasteiger partial charge in [-0.05, 0) is 130 Å². The highest BCUT2D eigenvalue weighted by molar-refractivity contribution is 6.14. The highest BCUT2D eigenvalue weighted by Crippen LogP contribution is 2.42. The van der Waals surface area contributed by atoms with Gasteiger partial charge in [0.25, 0.3) is 0 Å². The van der Waals surface area contributed by atoms with E-state index < -0.39 is 0 Å². The third-order valence-corrected chi connectivity index (χ3v) is 16.6. The van der Waals surface area contributed by atoms with E-state index in [-0.39, 0.29) is 16.2 Å². The number of rotatable bonds is 6. The van der Waals surface area contributed by atoms with Crippen molar-refractivity contribution in [1.29, 1.82) is 0 Å². The van der Waals surface area contributed by atoms with Gasteiger partial charge >= 0.3 is 0 Å². The number of aromatic nitrogens is 4. The molecule has 0 fully saturated rings. The minimum Gasteiger partial charge on any atom is -0.309 e. The molecule has 0 radical (unpaired) electrons. The van der Waals surface area contributed by atoms with E-state index in [0.29, 0.717) is 0 Å². The van der Waals surface area contributed by atoms with Gasteiger partial charge in [-0.3, -0.25) is 0 Å². The van der Waals surface area contributed by atoms with Crippen LogP contribution in [-0.4, -0.2) is 18.3 Å². The highest BCUT2D eigenvalue weighted by atomic mass is 15.0. The number of hydrogen-bond acceptors (Lipinski definition) is 0. The summed E-state index contributed by atoms with van der Waals surface area (Å²) in [6, 6.07) is 82.1. The summed E-state index contributed by atoms with van der Waals surface area (Å²) in [7, 11) is 0. The van der Waals surface area contributed by atoms with Gasteiger partial charge in [0, 0.05) is 71.3 Å². The second-order valence-corrected chi connectivity index (χ2v) is 23.5. The molecule has 4 aromatic heterocycles. The Morgan fingerprint density at radius 2 is 0.520 bits per heavy atom. The average molecular weight is 969 g/mol. The van der Waals surface area contributed by atoms with Crippen molar-refractivity contribution < 1.29 is 0 Å². The zero-order valence-corrected chi connectivity index (χ0v) is 44.1. The van der Waals surface area contributed by atoms with Crippen molar-refractivity contribution in [1.82, 2.24) is 18.3 Å². The molecule has 4 heterocycles. The van der Waals surface area contributed by atoms with Gasteiger partial charge in [0.2, 0.25) is 0 Å². The van der Waals surface area contributed by atoms with Crippen LogP contribution in [0.1, 0.15) is 77.6 Å². The molecular formula is C71H60N4. The predicted molar refractivity (Wildman–Crippen MR) is 320 cm³/mol. The Morgan fingerprint density at radius 3 is 0.893 bits per heavy atom. The lowest BCUT2D eigenvalue weighted by Gasteiger charge is -2.27. The molecule has 0 unspecified atom stereocenters. The standard InChI is InChI=1S/C71H60N4/c1-69(2,3)45-31-35-57-53-23-9-13-27-61(53)74(67(57)41-45)51-33-37-65-59(43-51)55-25-11-15-29-63(55)72(65)49-21-17-19-47(39-49)71(7,8)48-20-18-22-50(40-48)73-64-30-16-12-26-56(64)60-44-52(34-38-66(60)73)75-62-28-14-10-24-54(62)58-36-32-46(42-68(58)75)70(4,5)6/h9-44H,1-8H3. The molecule has 14 aromatic rings. The van der Waals surface area contributed by atoms with Gasteiger partial charge in [0.1, 0.15) is 0 Å². The maximum atomic E-state index is 2.47. The Kier molecular flexibility index (Phi) is 9.73. The van der Waals surface area contributed by atoms with E-state index in [1.165, 1.54) is 121 Å². The summed E-state index contributed by atoms with van der Waals surface area (Å²) < 4.78 is 9.86. The van der Waals surface area contributed by atoms with Crippen LogP contribution < -0.4 is 0 Å². The van der Waals surface area contributed by atoms with Crippen molar-refractivity contribution in [3.05, 3.63) is 241 Å². The van der Waals surface area contributed by atoms with Crippen LogP contribution in [0.15, 0.2) is 218 Å². The molecule has 4 heteroatoms. The van der Waals surface area contributed by atoms with E-state index in [0.717, 1.165) is 11.4 Å². The van der Waals surface area contributed by atoms with E-state index in [1.54, 1.807) is 0 Å². The molecule has 0 spiro atoms. The molecule has 0 aliphatic rings. The Hall–Kier alpha value is -8.60. The van der Waals surface area contributed by atoms with E-state index in [4.69, 9.17) is 0 Å². The average Bonchev–Trinajstić information content (AvgIpc) is 4.15. The van der Waals surface area contributed by atoms with E-state index >= 15 is 0 Å². The van der Waals surface area contributed by atoms with Gasteiger partial charge < -0.3 is 18.3 Å². The third kappa shape index (κ3) is 6.89. The first-order valence-electron chi connectivity index (χ1n) is 26.6. The van der Waals surface area contributed by atoms with Crippen LogP contribution >= 0.6 is 0 Å². The van der Waals surface area contributed by atoms with Crippen molar-refractivity contribution in [3.63, 3.8) is 0 Å². The van der Waals surface area contributed by atoms with Crippen molar-refractivity contribution in [2.75, 3.05) is 0 Å². The lowest BCUT2D eigenvalue weighted by atomic mass is 9.78. The molecule has 0 aliphatic heterocycles. The smallest absolute Gasteiger partial charge is 0.0544 e. The van der Waals surface area contributed by atoms with Crippen LogP contribution in [0.2, 0.25) is 0 Å². The molecule has 14 rings (SSSR count). The first kappa shape index (κ1) is 45.0. The maximum Gasteiger partial charge on any atom is 0.0544 e. The summed E-state index contributed by atoms with van der Waals surface area (Å²) in [6.07, 6.45) is 0. The highest BCUT2D eigenvalue weighted by Gasteiger charge is 2.27. The summed E-state index contributed by atoms with van der Waals surface area (Å²) in [5.74, 6) is 0. The second-order valence-electron chi connectivity index (χ2n) is 23.5. The Balaban J connectivity index is 0.869. The zero-order valence-electron chi connectivity index (χ0n) is 44.1. The van der Waals surface area contributed by atoms with Crippen LogP contribution in [0.3, 0.4) is 0 Å². The van der Waals surface area contributed by atoms with Crippen molar-refractivity contribution in [2.24, 2.45) is 0 Å². The summed E-state index contributed by atoms with van der Waals surface area (Å²) in [4.78, 5) is 0. The van der Waals surface area contributed by atoms with Crippen molar-refractivity contribution >= 4 is 87.2 Å². The summed E-state index contributed by atoms with van der Waals surface area (Å²) in [6.45, 7) is 18.5. The van der Waals surface area contributed by atoms with Crippen molar-refractivity contribution in [3.8, 4) is 22.7 Å². The van der Waals surface area contributed by atoms with Crippen LogP contribution in [0.25, 0.3) is 110 Å². The Labute approximate surface area is 438 Å². The van der Waals surface area contributed by atoms with Gasteiger partial charge in [0.05, 0.1) is 44.1 Å². The topological polar surface area (TPSA) is 19.7 Å². The minimum absolute atomic E-state index is 0.0320. The number of benzene rings is 10. The number of para-hydroxylation sites is 4. The van der Waals surface area contributed by atoms with E-state index in [1.807, 2.05) is 0 Å². The fourth-order valence-electron chi connectivity index (χ4n) is 12.4. The molecule has 0 aliphatic carbocycles. The molecule has 0 amide bonds. The number of hydrogen-bond donors (Lipinski definition) is 0. The quantitative estimate of drug-likeness (QED) is 0.158. The maximum absolute atomic E-state index is 2.47. The van der Waals surface area contributed by atoms with Gasteiger partial charge in [0.15, 0.2) is 0 Å².